The molecule has 0 aliphatic heterocycles. The Balaban J connectivity index is 2.98. The summed E-state index contributed by atoms with van der Waals surface area (Å²) >= 11 is 0. The van der Waals surface area contributed by atoms with Crippen molar-refractivity contribution in [3.63, 3.8) is 0 Å². The Hall–Kier alpha value is -1.08. The Morgan fingerprint density at radius 2 is 1.67 bits per heavy atom. The van der Waals surface area contributed by atoms with Crippen molar-refractivity contribution >= 4 is 8.07 Å². The Kier molecular flexibility index (Phi) is 4.57. The lowest BCUT2D eigenvalue weighted by Gasteiger charge is -2.29. The fourth-order valence-electron chi connectivity index (χ4n) is 2.18. The normalized spacial score (nSPS) is 14.8. The van der Waals surface area contributed by atoms with Crippen LogP contribution in [-0.4, -0.2) is 8.07 Å². The Morgan fingerprint density at radius 1 is 1.13 bits per heavy atom. The first-order valence-electron chi connectivity index (χ1n) is 5.39. The molecular formula is C14H19Si. The molecule has 0 aromatic rings. The summed E-state index contributed by atoms with van der Waals surface area (Å²) < 4.78 is 0. The maximum Gasteiger partial charge on any atom is 0.0981 e. The van der Waals surface area contributed by atoms with Gasteiger partial charge < -0.3 is 0 Å². The van der Waals surface area contributed by atoms with Gasteiger partial charge in [-0.3, -0.25) is 0 Å². The van der Waals surface area contributed by atoms with E-state index in [1.165, 1.54) is 5.20 Å². The van der Waals surface area contributed by atoms with Gasteiger partial charge in [0.05, 0.1) is 8.07 Å². The van der Waals surface area contributed by atoms with Crippen molar-refractivity contribution in [2.45, 2.75) is 24.6 Å². The highest BCUT2D eigenvalue weighted by Gasteiger charge is 2.32. The summed E-state index contributed by atoms with van der Waals surface area (Å²) in [7, 11) is -1.50. The van der Waals surface area contributed by atoms with Gasteiger partial charge in [-0.25, -0.2) is 0 Å². The molecule has 0 heterocycles. The van der Waals surface area contributed by atoms with Crippen molar-refractivity contribution in [1.29, 1.82) is 0 Å². The highest BCUT2D eigenvalue weighted by molar-refractivity contribution is 6.88. The first kappa shape index (κ1) is 12.0. The fourth-order valence-corrected chi connectivity index (χ4v) is 5.94. The lowest BCUT2D eigenvalue weighted by atomic mass is 10.5. The van der Waals surface area contributed by atoms with Gasteiger partial charge in [0.2, 0.25) is 0 Å². The van der Waals surface area contributed by atoms with E-state index >= 15 is 0 Å². The second-order valence-corrected chi connectivity index (χ2v) is 8.28. The lowest BCUT2D eigenvalue weighted by molar-refractivity contribution is 1.33. The van der Waals surface area contributed by atoms with Crippen LogP contribution in [0, 0.1) is 6.08 Å². The van der Waals surface area contributed by atoms with E-state index in [1.807, 2.05) is 18.2 Å². The van der Waals surface area contributed by atoms with Crippen LogP contribution in [0.4, 0.5) is 0 Å². The van der Waals surface area contributed by atoms with E-state index in [4.69, 9.17) is 0 Å². The summed E-state index contributed by atoms with van der Waals surface area (Å²) in [6.07, 6.45) is 15.0. The Bertz CT molecular complexity index is 281. The number of hydrogen-bond donors (Lipinski definition) is 0. The minimum atomic E-state index is -1.50. The molecule has 0 spiro atoms. The van der Waals surface area contributed by atoms with Crippen LogP contribution in [-0.2, 0) is 0 Å². The number of allylic oxidation sites excluding steroid dienone is 7. The van der Waals surface area contributed by atoms with Crippen LogP contribution < -0.4 is 0 Å². The molecule has 0 fully saturated rings. The van der Waals surface area contributed by atoms with E-state index in [-0.39, 0.29) is 0 Å². The van der Waals surface area contributed by atoms with E-state index in [9.17, 15) is 0 Å². The standard InChI is InChI=1S/C14H19Si/c1-4-11-15(12-5-2,13-6-3)14-9-7-8-10-14/h4-7,9H,1-3,8,11-13H2. The molecule has 0 atom stereocenters. The van der Waals surface area contributed by atoms with Crippen LogP contribution >= 0.6 is 0 Å². The van der Waals surface area contributed by atoms with Crippen LogP contribution in [0.15, 0.2) is 55.3 Å². The largest absolute Gasteiger partial charge is 0.103 e. The molecule has 0 nitrogen and oxygen atoms in total. The average molecular weight is 215 g/mol. The molecule has 0 bridgehead atoms. The van der Waals surface area contributed by atoms with Gasteiger partial charge in [0.15, 0.2) is 0 Å². The van der Waals surface area contributed by atoms with Crippen molar-refractivity contribution in [1.82, 2.24) is 0 Å². The highest BCUT2D eigenvalue weighted by atomic mass is 28.3. The van der Waals surface area contributed by atoms with Crippen LogP contribution in [0.3, 0.4) is 0 Å². The average Bonchev–Trinajstić information content (AvgIpc) is 2.72. The van der Waals surface area contributed by atoms with Crippen molar-refractivity contribution in [2.75, 3.05) is 0 Å². The number of hydrogen-bond acceptors (Lipinski definition) is 0. The third-order valence-corrected chi connectivity index (χ3v) is 7.57. The monoisotopic (exact) mass is 215 g/mol. The minimum Gasteiger partial charge on any atom is -0.103 e. The number of rotatable bonds is 7. The third-order valence-electron chi connectivity index (χ3n) is 2.87. The van der Waals surface area contributed by atoms with Crippen LogP contribution in [0.1, 0.15) is 6.42 Å². The SMILES string of the molecule is C=CC[Si](CC=C)(CC=C)C1=[C]CC=C1. The molecule has 1 rings (SSSR count). The predicted molar refractivity (Wildman–Crippen MR) is 71.3 cm³/mol. The molecule has 1 heteroatoms. The zero-order valence-electron chi connectivity index (χ0n) is 9.34. The van der Waals surface area contributed by atoms with Crippen molar-refractivity contribution < 1.29 is 0 Å². The molecule has 1 aliphatic rings. The molecule has 1 radical (unpaired) electrons. The van der Waals surface area contributed by atoms with Crippen molar-refractivity contribution in [3.8, 4) is 0 Å². The maximum atomic E-state index is 3.88. The second-order valence-electron chi connectivity index (χ2n) is 3.96. The van der Waals surface area contributed by atoms with Crippen LogP contribution in [0.25, 0.3) is 0 Å². The van der Waals surface area contributed by atoms with E-state index in [0.29, 0.717) is 0 Å². The Labute approximate surface area is 94.4 Å². The molecule has 15 heavy (non-hydrogen) atoms. The molecule has 1 aliphatic carbocycles. The van der Waals surface area contributed by atoms with Crippen LogP contribution in [0.2, 0.25) is 18.1 Å². The fraction of sp³-hybridized carbons (Fsp3) is 0.286. The molecule has 0 unspecified atom stereocenters. The van der Waals surface area contributed by atoms with Gasteiger partial charge in [-0.05, 0) is 30.6 Å². The van der Waals surface area contributed by atoms with Gasteiger partial charge >= 0.3 is 0 Å². The summed E-state index contributed by atoms with van der Waals surface area (Å²) in [5.41, 5.74) is 0. The zero-order valence-corrected chi connectivity index (χ0v) is 10.3. The molecule has 0 aromatic heterocycles. The van der Waals surface area contributed by atoms with Gasteiger partial charge in [-0.2, -0.15) is 0 Å². The molecular weight excluding hydrogens is 196 g/mol. The zero-order chi connectivity index (χ0) is 11.1. The van der Waals surface area contributed by atoms with Crippen molar-refractivity contribution in [2.24, 2.45) is 0 Å². The van der Waals surface area contributed by atoms with E-state index < -0.39 is 8.07 Å². The summed E-state index contributed by atoms with van der Waals surface area (Å²) in [4.78, 5) is 0. The molecule has 0 saturated carbocycles. The van der Waals surface area contributed by atoms with Crippen molar-refractivity contribution in [3.05, 3.63) is 61.4 Å². The molecule has 0 amide bonds. The minimum absolute atomic E-state index is 0.968. The highest BCUT2D eigenvalue weighted by Crippen LogP contribution is 2.33. The van der Waals surface area contributed by atoms with Crippen LogP contribution in [0.5, 0.6) is 0 Å². The summed E-state index contributed by atoms with van der Waals surface area (Å²) in [6.45, 7) is 11.6. The van der Waals surface area contributed by atoms with Gasteiger partial charge in [-0.15, -0.1) is 19.7 Å². The lowest BCUT2D eigenvalue weighted by Crippen LogP contribution is -2.34. The van der Waals surface area contributed by atoms with Gasteiger partial charge in [0.25, 0.3) is 0 Å². The first-order valence-corrected chi connectivity index (χ1v) is 8.02. The smallest absolute Gasteiger partial charge is 0.0981 e. The first-order chi connectivity index (χ1) is 7.29. The van der Waals surface area contributed by atoms with E-state index in [1.54, 1.807) is 0 Å². The summed E-state index contributed by atoms with van der Waals surface area (Å²) in [5, 5.41) is 1.43. The van der Waals surface area contributed by atoms with E-state index in [2.05, 4.69) is 38.0 Å². The molecule has 0 N–H and O–H groups in total. The molecule has 0 aromatic carbocycles. The third kappa shape index (κ3) is 2.69. The van der Waals surface area contributed by atoms with Gasteiger partial charge in [0, 0.05) is 0 Å². The van der Waals surface area contributed by atoms with E-state index in [0.717, 1.165) is 24.6 Å². The topological polar surface area (TPSA) is 0 Å². The maximum absolute atomic E-state index is 3.88. The van der Waals surface area contributed by atoms with Gasteiger partial charge in [-0.1, -0.05) is 35.6 Å². The Morgan fingerprint density at radius 3 is 2.00 bits per heavy atom. The summed E-state index contributed by atoms with van der Waals surface area (Å²) in [5.74, 6) is 0. The predicted octanol–water partition coefficient (Wildman–Crippen LogP) is 4.22. The molecule has 0 saturated heterocycles. The summed E-state index contributed by atoms with van der Waals surface area (Å²) in [6, 6.07) is 3.28. The van der Waals surface area contributed by atoms with Gasteiger partial charge in [0.1, 0.15) is 0 Å². The second kappa shape index (κ2) is 5.71. The molecule has 79 valence electrons. The quantitative estimate of drug-likeness (QED) is 0.440.